The van der Waals surface area contributed by atoms with E-state index in [0.717, 1.165) is 5.95 Å². The summed E-state index contributed by atoms with van der Waals surface area (Å²) in [5.74, 6) is 2.02. The molecule has 0 aliphatic heterocycles. The maximum Gasteiger partial charge on any atom is 0.374 e. The van der Waals surface area contributed by atoms with Gasteiger partial charge >= 0.3 is 5.95 Å². The van der Waals surface area contributed by atoms with E-state index in [1.165, 1.54) is 44.5 Å². The van der Waals surface area contributed by atoms with Gasteiger partial charge in [-0.2, -0.15) is 4.57 Å². The Morgan fingerprint density at radius 2 is 1.59 bits per heavy atom. The fourth-order valence-electron chi connectivity index (χ4n) is 4.78. The van der Waals surface area contributed by atoms with E-state index in [4.69, 9.17) is 0 Å². The minimum Gasteiger partial charge on any atom is -0.237 e. The zero-order valence-corrected chi connectivity index (χ0v) is 20.8. The van der Waals surface area contributed by atoms with Crippen LogP contribution in [-0.4, -0.2) is 9.13 Å². The number of rotatable bonds is 5. The lowest BCUT2D eigenvalue weighted by Gasteiger charge is -2.19. The second kappa shape index (κ2) is 8.46. The van der Waals surface area contributed by atoms with Gasteiger partial charge in [-0.25, -0.2) is 9.13 Å². The van der Waals surface area contributed by atoms with Crippen molar-refractivity contribution in [1.29, 1.82) is 0 Å². The normalized spacial score (nSPS) is 12.5. The SMILES string of the molecule is CC=C(C)c1cc2cccc(C)c2n1-c1n(-c2c(C(C)C)cccc2C(C)C)cc[n+]1C. The lowest BCUT2D eigenvalue weighted by atomic mass is 9.92. The minimum atomic E-state index is 0.434. The zero-order chi connectivity index (χ0) is 23.2. The fourth-order valence-corrected chi connectivity index (χ4v) is 4.78. The number of para-hydroxylation sites is 2. The van der Waals surface area contributed by atoms with Gasteiger partial charge in [0.1, 0.15) is 23.1 Å². The summed E-state index contributed by atoms with van der Waals surface area (Å²) >= 11 is 0. The monoisotopic (exact) mass is 426 g/mol. The zero-order valence-electron chi connectivity index (χ0n) is 20.8. The molecule has 0 bridgehead atoms. The molecule has 0 atom stereocenters. The minimum absolute atomic E-state index is 0.434. The fraction of sp³-hybridized carbons (Fsp3) is 0.345. The maximum atomic E-state index is 2.45. The predicted octanol–water partition coefficient (Wildman–Crippen LogP) is 7.22. The molecule has 2 aromatic heterocycles. The third kappa shape index (κ3) is 3.50. The van der Waals surface area contributed by atoms with Crippen molar-refractivity contribution < 1.29 is 4.57 Å². The lowest BCUT2D eigenvalue weighted by Crippen LogP contribution is -2.33. The Morgan fingerprint density at radius 3 is 2.19 bits per heavy atom. The van der Waals surface area contributed by atoms with Crippen molar-refractivity contribution in [3.63, 3.8) is 0 Å². The van der Waals surface area contributed by atoms with E-state index in [1.54, 1.807) is 0 Å². The van der Waals surface area contributed by atoms with Crippen molar-refractivity contribution in [1.82, 2.24) is 9.13 Å². The standard InChI is InChI=1S/C29H36N3/c1-9-21(6)26-18-23-13-10-12-22(7)27(23)32(26)29-30(8)16-17-31(29)28-24(19(2)3)14-11-15-25(28)20(4)5/h9-20H,1-8H3/q+1. The van der Waals surface area contributed by atoms with Crippen LogP contribution in [0.15, 0.2) is 60.9 Å². The van der Waals surface area contributed by atoms with Crippen molar-refractivity contribution >= 4 is 16.5 Å². The van der Waals surface area contributed by atoms with Crippen LogP contribution < -0.4 is 4.57 Å². The highest BCUT2D eigenvalue weighted by Crippen LogP contribution is 2.35. The molecule has 4 rings (SSSR count). The summed E-state index contributed by atoms with van der Waals surface area (Å²) in [5.41, 5.74) is 9.14. The maximum absolute atomic E-state index is 2.45. The van der Waals surface area contributed by atoms with Gasteiger partial charge in [0.15, 0.2) is 0 Å². The molecule has 4 aromatic rings. The number of aromatic nitrogens is 3. The molecule has 2 aromatic carbocycles. The molecular weight excluding hydrogens is 390 g/mol. The van der Waals surface area contributed by atoms with Gasteiger partial charge in [-0.05, 0) is 60.9 Å². The topological polar surface area (TPSA) is 13.7 Å². The van der Waals surface area contributed by atoms with E-state index < -0.39 is 0 Å². The molecule has 0 aliphatic carbocycles. The lowest BCUT2D eigenvalue weighted by molar-refractivity contribution is -0.664. The van der Waals surface area contributed by atoms with Crippen molar-refractivity contribution in [3.05, 3.63) is 83.3 Å². The Morgan fingerprint density at radius 1 is 0.969 bits per heavy atom. The summed E-state index contributed by atoms with van der Waals surface area (Å²) < 4.78 is 7.10. The molecule has 0 aliphatic rings. The molecule has 0 fully saturated rings. The molecule has 3 nitrogen and oxygen atoms in total. The van der Waals surface area contributed by atoms with Gasteiger partial charge in [0.25, 0.3) is 0 Å². The first-order chi connectivity index (χ1) is 15.3. The van der Waals surface area contributed by atoms with Crippen LogP contribution in [0.5, 0.6) is 0 Å². The van der Waals surface area contributed by atoms with Crippen LogP contribution in [0.3, 0.4) is 0 Å². The van der Waals surface area contributed by atoms with Crippen molar-refractivity contribution in [3.8, 4) is 11.6 Å². The number of hydrogen-bond acceptors (Lipinski definition) is 0. The first kappa shape index (κ1) is 22.1. The van der Waals surface area contributed by atoms with Crippen LogP contribution in [0.4, 0.5) is 0 Å². The molecule has 0 saturated heterocycles. The average molecular weight is 427 g/mol. The molecule has 0 saturated carbocycles. The summed E-state index contributed by atoms with van der Waals surface area (Å²) in [7, 11) is 2.15. The van der Waals surface area contributed by atoms with Crippen LogP contribution in [0.2, 0.25) is 0 Å². The van der Waals surface area contributed by atoms with Gasteiger partial charge in [-0.1, -0.05) is 70.2 Å². The van der Waals surface area contributed by atoms with Gasteiger partial charge in [0.2, 0.25) is 0 Å². The third-order valence-corrected chi connectivity index (χ3v) is 6.62. The number of aryl methyl sites for hydroxylation is 2. The summed E-state index contributed by atoms with van der Waals surface area (Å²) in [4.78, 5) is 0. The molecule has 0 N–H and O–H groups in total. The molecule has 2 heterocycles. The van der Waals surface area contributed by atoms with Gasteiger partial charge in [0.05, 0.1) is 13.2 Å². The Kier molecular flexibility index (Phi) is 5.85. The number of nitrogens with zero attached hydrogens (tertiary/aromatic N) is 3. The van der Waals surface area contributed by atoms with Gasteiger partial charge in [0, 0.05) is 5.39 Å². The number of hydrogen-bond donors (Lipinski definition) is 0. The van der Waals surface area contributed by atoms with E-state index in [2.05, 4.69) is 130 Å². The van der Waals surface area contributed by atoms with E-state index >= 15 is 0 Å². The summed E-state index contributed by atoms with van der Waals surface area (Å²) in [6, 6.07) is 15.7. The highest BCUT2D eigenvalue weighted by Gasteiger charge is 2.29. The van der Waals surface area contributed by atoms with Crippen LogP contribution in [0.25, 0.3) is 28.1 Å². The molecule has 0 radical (unpaired) electrons. The second-order valence-corrected chi connectivity index (χ2v) is 9.52. The number of allylic oxidation sites excluding steroid dienone is 2. The summed E-state index contributed by atoms with van der Waals surface area (Å²) in [5, 5.41) is 1.27. The Bertz CT molecular complexity index is 1290. The van der Waals surface area contributed by atoms with Gasteiger partial charge in [-0.3, -0.25) is 0 Å². The van der Waals surface area contributed by atoms with E-state index in [9.17, 15) is 0 Å². The highest BCUT2D eigenvalue weighted by atomic mass is 15.3. The number of imidazole rings is 1. The first-order valence-corrected chi connectivity index (χ1v) is 11.7. The van der Waals surface area contributed by atoms with E-state index in [-0.39, 0.29) is 0 Å². The van der Waals surface area contributed by atoms with Crippen LogP contribution in [0, 0.1) is 6.92 Å². The van der Waals surface area contributed by atoms with Gasteiger partial charge < -0.3 is 0 Å². The Labute approximate surface area is 192 Å². The summed E-state index contributed by atoms with van der Waals surface area (Å²) in [6.45, 7) is 15.7. The van der Waals surface area contributed by atoms with Crippen molar-refractivity contribution in [2.75, 3.05) is 0 Å². The van der Waals surface area contributed by atoms with Gasteiger partial charge in [-0.15, -0.1) is 0 Å². The van der Waals surface area contributed by atoms with Crippen LogP contribution in [0.1, 0.15) is 75.8 Å². The molecule has 0 spiro atoms. The molecule has 0 amide bonds. The van der Waals surface area contributed by atoms with Crippen LogP contribution in [-0.2, 0) is 7.05 Å². The van der Waals surface area contributed by atoms with E-state index in [1.807, 2.05) is 0 Å². The molecule has 32 heavy (non-hydrogen) atoms. The largest absolute Gasteiger partial charge is 0.374 e. The first-order valence-electron chi connectivity index (χ1n) is 11.7. The second-order valence-electron chi connectivity index (χ2n) is 9.52. The predicted molar refractivity (Wildman–Crippen MR) is 136 cm³/mol. The van der Waals surface area contributed by atoms with Crippen molar-refractivity contribution in [2.24, 2.45) is 7.05 Å². The molecule has 166 valence electrons. The van der Waals surface area contributed by atoms with E-state index in [0.29, 0.717) is 11.8 Å². The Hall–Kier alpha value is -3.07. The molecule has 0 unspecified atom stereocenters. The molecular formula is C29H36N3+. The van der Waals surface area contributed by atoms with Crippen LogP contribution >= 0.6 is 0 Å². The van der Waals surface area contributed by atoms with Crippen molar-refractivity contribution in [2.45, 2.75) is 60.3 Å². The number of fused-ring (bicyclic) bond motifs is 1. The third-order valence-electron chi connectivity index (χ3n) is 6.62. The highest BCUT2D eigenvalue weighted by molar-refractivity contribution is 5.89. The quantitative estimate of drug-likeness (QED) is 0.299. The Balaban J connectivity index is 2.16. The average Bonchev–Trinajstić information content (AvgIpc) is 3.33. The summed E-state index contributed by atoms with van der Waals surface area (Å²) in [6.07, 6.45) is 6.60. The smallest absolute Gasteiger partial charge is 0.237 e. The number of benzene rings is 2. The molecule has 3 heteroatoms.